The van der Waals surface area contributed by atoms with Gasteiger partial charge >= 0.3 is 0 Å². The average Bonchev–Trinajstić information content (AvgIpc) is 2.77. The van der Waals surface area contributed by atoms with Crippen molar-refractivity contribution in [2.75, 3.05) is 24.7 Å². The SMILES string of the molecule is Cc1ccc(-n2c(N)nc3c(C)ccnc32)cc1N(C)C. The van der Waals surface area contributed by atoms with Crippen LogP contribution < -0.4 is 10.6 Å². The molecule has 0 spiro atoms. The third kappa shape index (κ3) is 2.11. The fourth-order valence-corrected chi connectivity index (χ4v) is 2.58. The van der Waals surface area contributed by atoms with Crippen molar-refractivity contribution in [3.8, 4) is 5.69 Å². The van der Waals surface area contributed by atoms with Crippen LogP contribution in [0.5, 0.6) is 0 Å². The van der Waals surface area contributed by atoms with Gasteiger partial charge < -0.3 is 10.6 Å². The molecule has 2 N–H and O–H groups in total. The molecule has 0 saturated carbocycles. The zero-order chi connectivity index (χ0) is 15.1. The minimum Gasteiger partial charge on any atom is -0.377 e. The molecule has 3 aromatic rings. The summed E-state index contributed by atoms with van der Waals surface area (Å²) in [6.45, 7) is 4.11. The second-order valence-corrected chi connectivity index (χ2v) is 5.47. The molecule has 5 nitrogen and oxygen atoms in total. The Balaban J connectivity index is 2.28. The highest BCUT2D eigenvalue weighted by atomic mass is 15.2. The lowest BCUT2D eigenvalue weighted by Crippen LogP contribution is -2.11. The number of nitrogens with zero attached hydrogens (tertiary/aromatic N) is 4. The van der Waals surface area contributed by atoms with Gasteiger partial charge in [0.15, 0.2) is 5.65 Å². The van der Waals surface area contributed by atoms with Gasteiger partial charge in [-0.2, -0.15) is 0 Å². The lowest BCUT2D eigenvalue weighted by atomic mass is 10.1. The fraction of sp³-hybridized carbons (Fsp3) is 0.250. The van der Waals surface area contributed by atoms with Crippen LogP contribution >= 0.6 is 0 Å². The third-order valence-electron chi connectivity index (χ3n) is 3.71. The molecule has 3 rings (SSSR count). The van der Waals surface area contributed by atoms with E-state index >= 15 is 0 Å². The summed E-state index contributed by atoms with van der Waals surface area (Å²) in [5, 5.41) is 0. The van der Waals surface area contributed by atoms with Crippen LogP contribution in [0.25, 0.3) is 16.9 Å². The molecule has 0 aliphatic carbocycles. The number of nitrogen functional groups attached to an aromatic ring is 1. The second-order valence-electron chi connectivity index (χ2n) is 5.47. The number of fused-ring (bicyclic) bond motifs is 1. The number of benzene rings is 1. The first-order valence-electron chi connectivity index (χ1n) is 6.87. The Kier molecular flexibility index (Phi) is 3.05. The molecule has 0 aliphatic rings. The van der Waals surface area contributed by atoms with Gasteiger partial charge in [-0.1, -0.05) is 6.07 Å². The lowest BCUT2D eigenvalue weighted by Gasteiger charge is -2.17. The molecule has 0 saturated heterocycles. The van der Waals surface area contributed by atoms with E-state index in [0.29, 0.717) is 5.95 Å². The maximum atomic E-state index is 6.12. The highest BCUT2D eigenvalue weighted by Crippen LogP contribution is 2.27. The van der Waals surface area contributed by atoms with Crippen LogP contribution in [0.4, 0.5) is 11.6 Å². The first-order valence-corrected chi connectivity index (χ1v) is 6.87. The number of hydrogen-bond donors (Lipinski definition) is 1. The van der Waals surface area contributed by atoms with Crippen molar-refractivity contribution in [3.05, 3.63) is 41.6 Å². The number of nitrogens with two attached hydrogens (primary N) is 1. The number of imidazole rings is 1. The van der Waals surface area contributed by atoms with E-state index in [1.807, 2.05) is 37.7 Å². The molecule has 1 aromatic carbocycles. The Morgan fingerprint density at radius 1 is 1.10 bits per heavy atom. The maximum absolute atomic E-state index is 6.12. The summed E-state index contributed by atoms with van der Waals surface area (Å²) in [4.78, 5) is 11.0. The molecular weight excluding hydrogens is 262 g/mol. The van der Waals surface area contributed by atoms with E-state index < -0.39 is 0 Å². The maximum Gasteiger partial charge on any atom is 0.207 e. The first-order chi connectivity index (χ1) is 9.99. The molecule has 0 radical (unpaired) electrons. The highest BCUT2D eigenvalue weighted by Gasteiger charge is 2.14. The summed E-state index contributed by atoms with van der Waals surface area (Å²) in [7, 11) is 4.06. The van der Waals surface area contributed by atoms with Crippen molar-refractivity contribution in [1.29, 1.82) is 0 Å². The summed E-state index contributed by atoms with van der Waals surface area (Å²) in [6, 6.07) is 8.19. The number of aromatic nitrogens is 3. The van der Waals surface area contributed by atoms with Gasteiger partial charge in [0.2, 0.25) is 5.95 Å². The van der Waals surface area contributed by atoms with Gasteiger partial charge in [0.1, 0.15) is 5.52 Å². The molecule has 0 amide bonds. The molecule has 0 unspecified atom stereocenters. The number of aryl methyl sites for hydroxylation is 2. The van der Waals surface area contributed by atoms with Crippen LogP contribution in [-0.2, 0) is 0 Å². The molecule has 0 bridgehead atoms. The van der Waals surface area contributed by atoms with Crippen LogP contribution in [0.1, 0.15) is 11.1 Å². The first kappa shape index (κ1) is 13.4. The molecule has 2 heterocycles. The van der Waals surface area contributed by atoms with E-state index in [-0.39, 0.29) is 0 Å². The number of anilines is 2. The second kappa shape index (κ2) is 4.77. The average molecular weight is 281 g/mol. The Hall–Kier alpha value is -2.56. The van der Waals surface area contributed by atoms with Crippen LogP contribution in [0.15, 0.2) is 30.5 Å². The van der Waals surface area contributed by atoms with E-state index in [1.165, 1.54) is 5.56 Å². The van der Waals surface area contributed by atoms with Crippen molar-refractivity contribution in [2.24, 2.45) is 0 Å². The summed E-state index contributed by atoms with van der Waals surface area (Å²) >= 11 is 0. The molecule has 2 aromatic heterocycles. The van der Waals surface area contributed by atoms with Gasteiger partial charge in [-0.3, -0.25) is 4.57 Å². The summed E-state index contributed by atoms with van der Waals surface area (Å²) in [5.74, 6) is 0.459. The van der Waals surface area contributed by atoms with Crippen molar-refractivity contribution in [1.82, 2.24) is 14.5 Å². The predicted molar refractivity (Wildman–Crippen MR) is 87.1 cm³/mol. The van der Waals surface area contributed by atoms with Crippen LogP contribution in [-0.4, -0.2) is 28.6 Å². The van der Waals surface area contributed by atoms with Crippen LogP contribution in [0.3, 0.4) is 0 Å². The van der Waals surface area contributed by atoms with Gasteiger partial charge in [0.25, 0.3) is 0 Å². The summed E-state index contributed by atoms with van der Waals surface area (Å²) < 4.78 is 1.90. The lowest BCUT2D eigenvalue weighted by molar-refractivity contribution is 1.06. The predicted octanol–water partition coefficient (Wildman–Crippen LogP) is 2.69. The van der Waals surface area contributed by atoms with Crippen molar-refractivity contribution < 1.29 is 0 Å². The molecule has 21 heavy (non-hydrogen) atoms. The Morgan fingerprint density at radius 3 is 2.57 bits per heavy atom. The van der Waals surface area contributed by atoms with Crippen molar-refractivity contribution in [3.63, 3.8) is 0 Å². The quantitative estimate of drug-likeness (QED) is 0.784. The number of rotatable bonds is 2. The van der Waals surface area contributed by atoms with E-state index in [4.69, 9.17) is 5.73 Å². The standard InChI is InChI=1S/C16H19N5/c1-10-5-6-12(9-13(10)20(3)4)21-15-14(19-16(21)17)11(2)7-8-18-15/h5-9H,1-4H3,(H2,17,19). The third-order valence-corrected chi connectivity index (χ3v) is 3.71. The van der Waals surface area contributed by atoms with Gasteiger partial charge in [0, 0.05) is 26.0 Å². The molecule has 5 heteroatoms. The van der Waals surface area contributed by atoms with E-state index in [9.17, 15) is 0 Å². The highest BCUT2D eigenvalue weighted by molar-refractivity contribution is 5.80. The monoisotopic (exact) mass is 281 g/mol. The molecule has 0 atom stereocenters. The molecule has 0 aliphatic heterocycles. The largest absolute Gasteiger partial charge is 0.377 e. The summed E-state index contributed by atoms with van der Waals surface area (Å²) in [6.07, 6.45) is 1.79. The van der Waals surface area contributed by atoms with E-state index in [2.05, 4.69) is 33.9 Å². The minimum absolute atomic E-state index is 0.459. The smallest absolute Gasteiger partial charge is 0.207 e. The Labute approximate surface area is 124 Å². The molecule has 108 valence electrons. The van der Waals surface area contributed by atoms with Gasteiger partial charge in [-0.25, -0.2) is 9.97 Å². The topological polar surface area (TPSA) is 60.0 Å². The van der Waals surface area contributed by atoms with Gasteiger partial charge in [-0.15, -0.1) is 0 Å². The summed E-state index contributed by atoms with van der Waals surface area (Å²) in [5.41, 5.74) is 12.2. The zero-order valence-electron chi connectivity index (χ0n) is 12.8. The normalized spacial score (nSPS) is 11.0. The molecule has 0 fully saturated rings. The molecular formula is C16H19N5. The fourth-order valence-electron chi connectivity index (χ4n) is 2.58. The van der Waals surface area contributed by atoms with Crippen molar-refractivity contribution >= 4 is 22.8 Å². The van der Waals surface area contributed by atoms with E-state index in [0.717, 1.165) is 28.1 Å². The zero-order valence-corrected chi connectivity index (χ0v) is 12.8. The van der Waals surface area contributed by atoms with E-state index in [1.54, 1.807) is 6.20 Å². The number of hydrogen-bond acceptors (Lipinski definition) is 4. The van der Waals surface area contributed by atoms with Crippen LogP contribution in [0, 0.1) is 13.8 Å². The van der Waals surface area contributed by atoms with Gasteiger partial charge in [-0.05, 0) is 43.2 Å². The van der Waals surface area contributed by atoms with Crippen molar-refractivity contribution in [2.45, 2.75) is 13.8 Å². The Bertz CT molecular complexity index is 817. The van der Waals surface area contributed by atoms with Crippen LogP contribution in [0.2, 0.25) is 0 Å². The number of pyridine rings is 1. The Morgan fingerprint density at radius 2 is 1.86 bits per heavy atom. The minimum atomic E-state index is 0.459. The van der Waals surface area contributed by atoms with Gasteiger partial charge in [0.05, 0.1) is 5.69 Å².